The highest BCUT2D eigenvalue weighted by molar-refractivity contribution is 14.1. The molecule has 0 spiro atoms. The maximum Gasteiger partial charge on any atom is 0.259 e. The molecule has 142 valence electrons. The minimum Gasteiger partial charge on any atom is -0.504 e. The van der Waals surface area contributed by atoms with Crippen molar-refractivity contribution in [2.45, 2.75) is 6.92 Å². The van der Waals surface area contributed by atoms with Crippen molar-refractivity contribution in [3.05, 3.63) is 56.1 Å². The number of halogens is 2. The number of amides is 2. The van der Waals surface area contributed by atoms with Crippen LogP contribution in [0.4, 0.5) is 0 Å². The van der Waals surface area contributed by atoms with Crippen molar-refractivity contribution in [2.75, 3.05) is 13.2 Å². The zero-order chi connectivity index (χ0) is 19.8. The van der Waals surface area contributed by atoms with Gasteiger partial charge in [-0.1, -0.05) is 11.6 Å². The van der Waals surface area contributed by atoms with E-state index in [0.717, 1.165) is 0 Å². The molecule has 0 unspecified atom stereocenters. The molecule has 0 aromatic heterocycles. The van der Waals surface area contributed by atoms with Crippen LogP contribution in [0.1, 0.15) is 22.8 Å². The van der Waals surface area contributed by atoms with Gasteiger partial charge in [0.15, 0.2) is 11.5 Å². The first-order valence-electron chi connectivity index (χ1n) is 7.91. The van der Waals surface area contributed by atoms with Gasteiger partial charge in [-0.25, -0.2) is 5.43 Å². The number of rotatable bonds is 7. The second kappa shape index (κ2) is 10.1. The molecule has 0 atom stereocenters. The van der Waals surface area contributed by atoms with Crippen LogP contribution >= 0.6 is 34.2 Å². The Morgan fingerprint density at radius 1 is 1.30 bits per heavy atom. The van der Waals surface area contributed by atoms with Crippen LogP contribution in [-0.2, 0) is 4.79 Å². The number of nitrogens with one attached hydrogen (secondary N) is 2. The van der Waals surface area contributed by atoms with E-state index in [1.807, 2.05) is 29.5 Å². The zero-order valence-electron chi connectivity index (χ0n) is 14.3. The number of phenols is 1. The third kappa shape index (κ3) is 6.40. The van der Waals surface area contributed by atoms with E-state index in [1.165, 1.54) is 6.21 Å². The molecule has 0 aliphatic carbocycles. The Kier molecular flexibility index (Phi) is 7.86. The normalized spacial score (nSPS) is 10.6. The van der Waals surface area contributed by atoms with E-state index in [9.17, 15) is 14.7 Å². The molecular weight excluding hydrogens is 485 g/mol. The lowest BCUT2D eigenvalue weighted by Gasteiger charge is -2.08. The summed E-state index contributed by atoms with van der Waals surface area (Å²) < 4.78 is 5.94. The molecular formula is C18H17ClIN3O4. The Hall–Kier alpha value is -2.33. The van der Waals surface area contributed by atoms with Gasteiger partial charge in [-0.15, -0.1) is 0 Å². The molecule has 3 N–H and O–H groups in total. The summed E-state index contributed by atoms with van der Waals surface area (Å²) in [6, 6.07) is 9.62. The van der Waals surface area contributed by atoms with Crippen LogP contribution in [0.3, 0.4) is 0 Å². The fourth-order valence-corrected chi connectivity index (χ4v) is 2.77. The summed E-state index contributed by atoms with van der Waals surface area (Å²) >= 11 is 7.74. The summed E-state index contributed by atoms with van der Waals surface area (Å²) in [6.45, 7) is 2.00. The molecule has 0 radical (unpaired) electrons. The van der Waals surface area contributed by atoms with Crippen LogP contribution in [0.5, 0.6) is 11.5 Å². The van der Waals surface area contributed by atoms with Gasteiger partial charge in [-0.3, -0.25) is 9.59 Å². The van der Waals surface area contributed by atoms with Crippen molar-refractivity contribution in [3.8, 4) is 11.5 Å². The van der Waals surface area contributed by atoms with Crippen molar-refractivity contribution in [1.82, 2.24) is 10.7 Å². The SMILES string of the molecule is CCOc1cc(C=NNC(=O)CNC(=O)c2ccc(Cl)cc2)cc(I)c1O. The summed E-state index contributed by atoms with van der Waals surface area (Å²) in [5.41, 5.74) is 3.37. The number of hydrogen-bond acceptors (Lipinski definition) is 5. The topological polar surface area (TPSA) is 100 Å². The highest BCUT2D eigenvalue weighted by Crippen LogP contribution is 2.32. The second-order valence-corrected chi connectivity index (χ2v) is 6.86. The molecule has 0 bridgehead atoms. The number of ether oxygens (including phenoxy) is 1. The lowest BCUT2D eigenvalue weighted by atomic mass is 10.2. The van der Waals surface area contributed by atoms with Gasteiger partial charge in [0.25, 0.3) is 11.8 Å². The van der Waals surface area contributed by atoms with Crippen molar-refractivity contribution in [1.29, 1.82) is 0 Å². The molecule has 0 aliphatic rings. The number of nitrogens with zero attached hydrogens (tertiary/aromatic N) is 1. The molecule has 9 heteroatoms. The van der Waals surface area contributed by atoms with Gasteiger partial charge in [0, 0.05) is 10.6 Å². The minimum atomic E-state index is -0.480. The standard InChI is InChI=1S/C18H17ClIN3O4/c1-2-27-15-8-11(7-14(20)17(15)25)9-22-23-16(24)10-21-18(26)12-3-5-13(19)6-4-12/h3-9,25H,2,10H2,1H3,(H,21,26)(H,23,24). The average molecular weight is 502 g/mol. The van der Waals surface area contributed by atoms with E-state index in [0.29, 0.717) is 32.1 Å². The van der Waals surface area contributed by atoms with Gasteiger partial charge in [0.2, 0.25) is 0 Å². The fraction of sp³-hybridized carbons (Fsp3) is 0.167. The van der Waals surface area contributed by atoms with Crippen molar-refractivity contribution < 1.29 is 19.4 Å². The first-order chi connectivity index (χ1) is 12.9. The third-order valence-corrected chi connectivity index (χ3v) is 4.34. The van der Waals surface area contributed by atoms with Gasteiger partial charge >= 0.3 is 0 Å². The second-order valence-electron chi connectivity index (χ2n) is 5.27. The predicted octanol–water partition coefficient (Wildman–Crippen LogP) is 2.93. The third-order valence-electron chi connectivity index (χ3n) is 3.27. The monoisotopic (exact) mass is 501 g/mol. The van der Waals surface area contributed by atoms with E-state index in [1.54, 1.807) is 36.4 Å². The molecule has 0 saturated carbocycles. The summed E-state index contributed by atoms with van der Waals surface area (Å²) in [4.78, 5) is 23.7. The van der Waals surface area contributed by atoms with Crippen LogP contribution in [0.2, 0.25) is 5.02 Å². The molecule has 0 aliphatic heterocycles. The maximum atomic E-state index is 11.9. The smallest absolute Gasteiger partial charge is 0.259 e. The molecule has 2 rings (SSSR count). The lowest BCUT2D eigenvalue weighted by molar-refractivity contribution is -0.120. The van der Waals surface area contributed by atoms with Crippen molar-refractivity contribution in [2.24, 2.45) is 5.10 Å². The van der Waals surface area contributed by atoms with Gasteiger partial charge in [-0.05, 0) is 71.5 Å². The highest BCUT2D eigenvalue weighted by Gasteiger charge is 2.09. The van der Waals surface area contributed by atoms with Crippen LogP contribution in [-0.4, -0.2) is 36.3 Å². The average Bonchev–Trinajstić information content (AvgIpc) is 2.64. The quantitative estimate of drug-likeness (QED) is 0.309. The molecule has 2 amide bonds. The lowest BCUT2D eigenvalue weighted by Crippen LogP contribution is -2.34. The minimum absolute atomic E-state index is 0.0588. The number of aromatic hydroxyl groups is 1. The molecule has 0 saturated heterocycles. The summed E-state index contributed by atoms with van der Waals surface area (Å²) in [5, 5.41) is 16.8. The number of hydrogen-bond donors (Lipinski definition) is 3. The molecule has 7 nitrogen and oxygen atoms in total. The largest absolute Gasteiger partial charge is 0.504 e. The van der Waals surface area contributed by atoms with Crippen molar-refractivity contribution >= 4 is 52.2 Å². The predicted molar refractivity (Wildman–Crippen MR) is 112 cm³/mol. The number of hydrazone groups is 1. The van der Waals surface area contributed by atoms with E-state index in [-0.39, 0.29) is 18.2 Å². The van der Waals surface area contributed by atoms with Gasteiger partial charge < -0.3 is 15.2 Å². The highest BCUT2D eigenvalue weighted by atomic mass is 127. The van der Waals surface area contributed by atoms with Crippen LogP contribution < -0.4 is 15.5 Å². The molecule has 0 fully saturated rings. The van der Waals surface area contributed by atoms with Gasteiger partial charge in [0.05, 0.1) is 22.9 Å². The Morgan fingerprint density at radius 2 is 2.00 bits per heavy atom. The molecule has 2 aromatic rings. The van der Waals surface area contributed by atoms with Crippen LogP contribution in [0, 0.1) is 3.57 Å². The number of phenolic OH excluding ortho intramolecular Hbond substituents is 1. The zero-order valence-corrected chi connectivity index (χ0v) is 17.2. The Bertz CT molecular complexity index is 856. The Labute approximate surface area is 174 Å². The summed E-state index contributed by atoms with van der Waals surface area (Å²) in [7, 11) is 0. The first-order valence-corrected chi connectivity index (χ1v) is 9.37. The van der Waals surface area contributed by atoms with Crippen LogP contribution in [0.15, 0.2) is 41.5 Å². The van der Waals surface area contributed by atoms with Crippen molar-refractivity contribution in [3.63, 3.8) is 0 Å². The summed E-state index contributed by atoms with van der Waals surface area (Å²) in [6.07, 6.45) is 1.42. The number of carbonyl (C=O) groups is 2. The van der Waals surface area contributed by atoms with E-state index >= 15 is 0 Å². The maximum absolute atomic E-state index is 11.9. The first kappa shape index (κ1) is 21.0. The van der Waals surface area contributed by atoms with Gasteiger partial charge in [-0.2, -0.15) is 5.10 Å². The van der Waals surface area contributed by atoms with Gasteiger partial charge in [0.1, 0.15) is 0 Å². The van der Waals surface area contributed by atoms with E-state index in [4.69, 9.17) is 16.3 Å². The van der Waals surface area contributed by atoms with Crippen LogP contribution in [0.25, 0.3) is 0 Å². The summed E-state index contributed by atoms with van der Waals surface area (Å²) in [5.74, 6) is -0.469. The number of carbonyl (C=O) groups excluding carboxylic acids is 2. The molecule has 27 heavy (non-hydrogen) atoms. The Balaban J connectivity index is 1.88. The van der Waals surface area contributed by atoms with E-state index < -0.39 is 5.91 Å². The number of benzene rings is 2. The fourth-order valence-electron chi connectivity index (χ4n) is 2.02. The molecule has 2 aromatic carbocycles. The molecule has 0 heterocycles. The Morgan fingerprint density at radius 3 is 2.67 bits per heavy atom. The van der Waals surface area contributed by atoms with E-state index in [2.05, 4.69) is 15.8 Å².